The molecule has 1 aromatic rings. The van der Waals surface area contributed by atoms with Crippen molar-refractivity contribution in [1.29, 1.82) is 0 Å². The maximum Gasteiger partial charge on any atom is 0.245 e. The summed E-state index contributed by atoms with van der Waals surface area (Å²) in [6.45, 7) is 5.78. The Hall–Kier alpha value is -1.85. The summed E-state index contributed by atoms with van der Waals surface area (Å²) in [6.07, 6.45) is 3.01. The van der Waals surface area contributed by atoms with Crippen LogP contribution in [0.15, 0.2) is 6.07 Å². The number of likely N-dealkylation sites (tertiary alicyclic amines) is 1. The molecule has 0 unspecified atom stereocenters. The molecule has 2 aliphatic heterocycles. The second-order valence-electron chi connectivity index (χ2n) is 6.66. The van der Waals surface area contributed by atoms with Gasteiger partial charge < -0.3 is 10.2 Å². The Balaban J connectivity index is 1.55. The highest BCUT2D eigenvalue weighted by molar-refractivity contribution is 5.90. The molecule has 0 aromatic carbocycles. The van der Waals surface area contributed by atoms with Crippen LogP contribution in [-0.4, -0.2) is 46.0 Å². The number of hydrogen-bond acceptors (Lipinski definition) is 3. The van der Waals surface area contributed by atoms with Crippen molar-refractivity contribution in [3.05, 3.63) is 17.5 Å². The number of carbonyl (C=O) groups is 2. The monoisotopic (exact) mass is 304 g/mol. The fraction of sp³-hybridized carbons (Fsp3) is 0.688. The quantitative estimate of drug-likeness (QED) is 0.888. The minimum atomic E-state index is -0.302. The zero-order chi connectivity index (χ0) is 15.7. The molecule has 2 aliphatic rings. The number of amides is 2. The number of nitrogens with zero attached hydrogens (tertiary/aromatic N) is 2. The number of hydrogen-bond donors (Lipinski definition) is 2. The number of nitrogens with one attached hydrogen (secondary N) is 2. The number of aromatic nitrogens is 2. The lowest BCUT2D eigenvalue weighted by molar-refractivity contribution is -0.135. The van der Waals surface area contributed by atoms with Gasteiger partial charge in [-0.1, -0.05) is 13.8 Å². The van der Waals surface area contributed by atoms with Crippen LogP contribution in [0.25, 0.3) is 0 Å². The maximum absolute atomic E-state index is 12.4. The molecule has 6 nitrogen and oxygen atoms in total. The largest absolute Gasteiger partial charge is 0.344 e. The Bertz CT molecular complexity index is 558. The van der Waals surface area contributed by atoms with Crippen LogP contribution in [0.2, 0.25) is 0 Å². The lowest BCUT2D eigenvalue weighted by Gasteiger charge is -2.33. The first-order chi connectivity index (χ1) is 10.5. The number of H-pyrrole nitrogens is 1. The molecule has 0 aliphatic carbocycles. The van der Waals surface area contributed by atoms with Crippen molar-refractivity contribution in [3.63, 3.8) is 0 Å². The van der Waals surface area contributed by atoms with E-state index in [0.29, 0.717) is 24.7 Å². The number of carbonyl (C=O) groups excluding carboxylic acids is 2. The van der Waals surface area contributed by atoms with Gasteiger partial charge in [0.05, 0.1) is 5.69 Å². The lowest BCUT2D eigenvalue weighted by Crippen LogP contribution is -2.47. The van der Waals surface area contributed by atoms with E-state index < -0.39 is 0 Å². The van der Waals surface area contributed by atoms with Crippen LogP contribution in [0.3, 0.4) is 0 Å². The van der Waals surface area contributed by atoms with Crippen molar-refractivity contribution in [2.45, 2.75) is 57.4 Å². The van der Waals surface area contributed by atoms with Crippen molar-refractivity contribution in [2.24, 2.45) is 0 Å². The van der Waals surface area contributed by atoms with E-state index in [9.17, 15) is 9.59 Å². The molecule has 2 amide bonds. The van der Waals surface area contributed by atoms with E-state index in [2.05, 4.69) is 35.4 Å². The van der Waals surface area contributed by atoms with E-state index in [-0.39, 0.29) is 17.9 Å². The first kappa shape index (κ1) is 15.1. The molecule has 0 spiro atoms. The predicted octanol–water partition coefficient (Wildman–Crippen LogP) is 1.52. The standard InChI is InChI=1S/C16H24N4O2/c1-10(2)13-9-14(19-18-13)11-5-7-20(8-6-11)16(22)12-3-4-15(21)17-12/h9-12H,3-8H2,1-2H3,(H,17,21)(H,18,19)/t12-/m0/s1. The first-order valence-corrected chi connectivity index (χ1v) is 8.18. The summed E-state index contributed by atoms with van der Waals surface area (Å²) in [5.74, 6) is 0.948. The SMILES string of the molecule is CC(C)c1cc(C2CCN(C(=O)[C@@H]3CCC(=O)N3)CC2)[nH]n1. The second-order valence-corrected chi connectivity index (χ2v) is 6.66. The lowest BCUT2D eigenvalue weighted by atomic mass is 9.92. The van der Waals surface area contributed by atoms with E-state index in [1.54, 1.807) is 0 Å². The van der Waals surface area contributed by atoms with Crippen LogP contribution in [0.5, 0.6) is 0 Å². The molecular weight excluding hydrogens is 280 g/mol. The fourth-order valence-electron chi connectivity index (χ4n) is 3.29. The van der Waals surface area contributed by atoms with E-state index in [0.717, 1.165) is 31.6 Å². The number of aromatic amines is 1. The predicted molar refractivity (Wildman–Crippen MR) is 82.4 cm³/mol. The summed E-state index contributed by atoms with van der Waals surface area (Å²) < 4.78 is 0. The first-order valence-electron chi connectivity index (χ1n) is 8.18. The Morgan fingerprint density at radius 3 is 2.59 bits per heavy atom. The number of rotatable bonds is 3. The third-order valence-corrected chi connectivity index (χ3v) is 4.75. The topological polar surface area (TPSA) is 78.1 Å². The summed E-state index contributed by atoms with van der Waals surface area (Å²) >= 11 is 0. The maximum atomic E-state index is 12.4. The van der Waals surface area contributed by atoms with Gasteiger partial charge in [-0.25, -0.2) is 0 Å². The molecule has 3 rings (SSSR count). The molecule has 2 N–H and O–H groups in total. The third-order valence-electron chi connectivity index (χ3n) is 4.75. The fourth-order valence-corrected chi connectivity index (χ4v) is 3.29. The molecule has 0 saturated carbocycles. The van der Waals surface area contributed by atoms with Crippen molar-refractivity contribution >= 4 is 11.8 Å². The summed E-state index contributed by atoms with van der Waals surface area (Å²) in [6, 6.07) is 1.85. The van der Waals surface area contributed by atoms with Crippen molar-refractivity contribution in [2.75, 3.05) is 13.1 Å². The molecule has 1 atom stereocenters. The van der Waals surface area contributed by atoms with E-state index in [4.69, 9.17) is 0 Å². The highest BCUT2D eigenvalue weighted by Crippen LogP contribution is 2.29. The molecule has 1 aromatic heterocycles. The van der Waals surface area contributed by atoms with Gasteiger partial charge in [0.25, 0.3) is 0 Å². The smallest absolute Gasteiger partial charge is 0.245 e. The summed E-state index contributed by atoms with van der Waals surface area (Å²) in [4.78, 5) is 25.5. The van der Waals surface area contributed by atoms with Crippen LogP contribution >= 0.6 is 0 Å². The minimum absolute atomic E-state index is 0.00749. The van der Waals surface area contributed by atoms with Crippen LogP contribution in [0.4, 0.5) is 0 Å². The van der Waals surface area contributed by atoms with E-state index >= 15 is 0 Å². The minimum Gasteiger partial charge on any atom is -0.344 e. The van der Waals surface area contributed by atoms with Crippen LogP contribution in [-0.2, 0) is 9.59 Å². The van der Waals surface area contributed by atoms with Gasteiger partial charge in [-0.15, -0.1) is 0 Å². The van der Waals surface area contributed by atoms with Crippen molar-refractivity contribution in [3.8, 4) is 0 Å². The van der Waals surface area contributed by atoms with Crippen molar-refractivity contribution in [1.82, 2.24) is 20.4 Å². The zero-order valence-electron chi connectivity index (χ0n) is 13.3. The van der Waals surface area contributed by atoms with Gasteiger partial charge in [0.15, 0.2) is 0 Å². The Labute approximate surface area is 130 Å². The molecule has 0 radical (unpaired) electrons. The summed E-state index contributed by atoms with van der Waals surface area (Å²) in [5, 5.41) is 10.3. The third kappa shape index (κ3) is 3.00. The Morgan fingerprint density at radius 2 is 2.05 bits per heavy atom. The van der Waals surface area contributed by atoms with Gasteiger partial charge in [-0.3, -0.25) is 14.7 Å². The van der Waals surface area contributed by atoms with Gasteiger partial charge in [-0.2, -0.15) is 5.10 Å². The molecule has 2 fully saturated rings. The zero-order valence-corrected chi connectivity index (χ0v) is 13.3. The highest BCUT2D eigenvalue weighted by Gasteiger charge is 2.33. The second kappa shape index (κ2) is 6.10. The molecule has 6 heteroatoms. The van der Waals surface area contributed by atoms with E-state index in [1.165, 1.54) is 5.69 Å². The highest BCUT2D eigenvalue weighted by atomic mass is 16.2. The molecule has 3 heterocycles. The summed E-state index contributed by atoms with van der Waals surface area (Å²) in [5.41, 5.74) is 2.28. The molecular formula is C16H24N4O2. The van der Waals surface area contributed by atoms with Crippen LogP contribution in [0, 0.1) is 0 Å². The van der Waals surface area contributed by atoms with Gasteiger partial charge in [0, 0.05) is 31.1 Å². The molecule has 0 bridgehead atoms. The van der Waals surface area contributed by atoms with Crippen molar-refractivity contribution < 1.29 is 9.59 Å². The van der Waals surface area contributed by atoms with Gasteiger partial charge >= 0.3 is 0 Å². The normalized spacial score (nSPS) is 23.1. The number of piperidine rings is 1. The summed E-state index contributed by atoms with van der Waals surface area (Å²) in [7, 11) is 0. The Kier molecular flexibility index (Phi) is 4.18. The molecule has 22 heavy (non-hydrogen) atoms. The van der Waals surface area contributed by atoms with Gasteiger partial charge in [-0.05, 0) is 31.2 Å². The van der Waals surface area contributed by atoms with Gasteiger partial charge in [0.1, 0.15) is 6.04 Å². The van der Waals surface area contributed by atoms with Crippen LogP contribution in [0.1, 0.15) is 62.8 Å². The molecule has 2 saturated heterocycles. The van der Waals surface area contributed by atoms with Gasteiger partial charge in [0.2, 0.25) is 11.8 Å². The average Bonchev–Trinajstić information content (AvgIpc) is 3.16. The van der Waals surface area contributed by atoms with Crippen LogP contribution < -0.4 is 5.32 Å². The average molecular weight is 304 g/mol. The molecule has 120 valence electrons. The van der Waals surface area contributed by atoms with E-state index in [1.807, 2.05) is 4.90 Å². The Morgan fingerprint density at radius 1 is 1.32 bits per heavy atom.